The Morgan fingerprint density at radius 2 is 1.79 bits per heavy atom. The number of carbonyl (C=O) groups is 1. The van der Waals surface area contributed by atoms with Crippen molar-refractivity contribution >= 4 is 23.2 Å². The number of carbonyl (C=O) groups excluding carboxylic acids is 1. The van der Waals surface area contributed by atoms with Crippen LogP contribution < -0.4 is 19.5 Å². The zero-order valence-electron chi connectivity index (χ0n) is 17.5. The Morgan fingerprint density at radius 1 is 1.07 bits per heavy atom. The minimum absolute atomic E-state index is 0.291. The molecule has 7 heteroatoms. The van der Waals surface area contributed by atoms with Crippen molar-refractivity contribution in [2.45, 2.75) is 27.4 Å². The van der Waals surface area contributed by atoms with E-state index in [0.29, 0.717) is 59.3 Å². The molecule has 1 N–H and O–H groups in total. The van der Waals surface area contributed by atoms with Gasteiger partial charge in [0.1, 0.15) is 17.2 Å². The van der Waals surface area contributed by atoms with Crippen molar-refractivity contribution in [3.63, 3.8) is 0 Å². The van der Waals surface area contributed by atoms with Crippen LogP contribution in [0.4, 0.5) is 5.69 Å². The van der Waals surface area contributed by atoms with Crippen LogP contribution in [0.25, 0.3) is 0 Å². The molecule has 0 spiro atoms. The van der Waals surface area contributed by atoms with E-state index in [1.807, 2.05) is 6.92 Å². The van der Waals surface area contributed by atoms with Crippen molar-refractivity contribution in [2.24, 2.45) is 5.92 Å². The standard InChI is InChI=1S/C22H28ClNO5/c1-6-29-19-8-7-15(9-16(19)13-28-12-14(2)3)22(25)24-18-11-20(26-4)17(23)10-21(18)27-5/h7-11,14H,6,12-13H2,1-5H3,(H,24,25). The third-order valence-corrected chi connectivity index (χ3v) is 4.35. The van der Waals surface area contributed by atoms with Crippen LogP contribution >= 0.6 is 11.6 Å². The van der Waals surface area contributed by atoms with Crippen molar-refractivity contribution in [3.05, 3.63) is 46.5 Å². The average molecular weight is 422 g/mol. The summed E-state index contributed by atoms with van der Waals surface area (Å²) in [6.07, 6.45) is 0. The van der Waals surface area contributed by atoms with Gasteiger partial charge in [-0.1, -0.05) is 25.4 Å². The summed E-state index contributed by atoms with van der Waals surface area (Å²) in [6, 6.07) is 8.50. The van der Waals surface area contributed by atoms with Crippen molar-refractivity contribution in [2.75, 3.05) is 32.8 Å². The Kier molecular flexibility index (Phi) is 8.61. The van der Waals surface area contributed by atoms with Gasteiger partial charge in [-0.05, 0) is 31.0 Å². The summed E-state index contributed by atoms with van der Waals surface area (Å²) in [6.45, 7) is 7.61. The summed E-state index contributed by atoms with van der Waals surface area (Å²) in [5.41, 5.74) is 1.76. The summed E-state index contributed by atoms with van der Waals surface area (Å²) in [5, 5.41) is 3.24. The first-order valence-electron chi connectivity index (χ1n) is 9.45. The highest BCUT2D eigenvalue weighted by atomic mass is 35.5. The zero-order chi connectivity index (χ0) is 21.4. The molecule has 158 valence electrons. The number of hydrogen-bond donors (Lipinski definition) is 1. The lowest BCUT2D eigenvalue weighted by Gasteiger charge is -2.15. The summed E-state index contributed by atoms with van der Waals surface area (Å²) >= 11 is 6.13. The van der Waals surface area contributed by atoms with E-state index >= 15 is 0 Å². The molecule has 2 aromatic carbocycles. The highest BCUT2D eigenvalue weighted by Crippen LogP contribution is 2.36. The maximum atomic E-state index is 12.8. The van der Waals surface area contributed by atoms with Gasteiger partial charge >= 0.3 is 0 Å². The fourth-order valence-corrected chi connectivity index (χ4v) is 2.92. The number of methoxy groups -OCH3 is 2. The normalized spacial score (nSPS) is 10.7. The number of halogens is 1. The lowest BCUT2D eigenvalue weighted by Crippen LogP contribution is -2.14. The van der Waals surface area contributed by atoms with Crippen molar-refractivity contribution in [3.8, 4) is 17.2 Å². The molecular weight excluding hydrogens is 394 g/mol. The molecule has 0 saturated carbocycles. The van der Waals surface area contributed by atoms with Crippen molar-refractivity contribution in [1.82, 2.24) is 0 Å². The van der Waals surface area contributed by atoms with Crippen LogP contribution in [0.2, 0.25) is 5.02 Å². The van der Waals surface area contributed by atoms with Gasteiger partial charge in [0, 0.05) is 29.9 Å². The second-order valence-corrected chi connectivity index (χ2v) is 7.21. The van der Waals surface area contributed by atoms with Gasteiger partial charge in [-0.15, -0.1) is 0 Å². The molecule has 29 heavy (non-hydrogen) atoms. The highest BCUT2D eigenvalue weighted by Gasteiger charge is 2.16. The molecule has 0 aromatic heterocycles. The minimum Gasteiger partial charge on any atom is -0.495 e. The molecule has 0 aliphatic carbocycles. The lowest BCUT2D eigenvalue weighted by atomic mass is 10.1. The van der Waals surface area contributed by atoms with E-state index in [2.05, 4.69) is 19.2 Å². The second kappa shape index (κ2) is 10.9. The fraction of sp³-hybridized carbons (Fsp3) is 0.409. The molecule has 0 radical (unpaired) electrons. The predicted molar refractivity (Wildman–Crippen MR) is 115 cm³/mol. The number of ether oxygens (including phenoxy) is 4. The van der Waals surface area contributed by atoms with Crippen LogP contribution in [-0.4, -0.2) is 33.3 Å². The van der Waals surface area contributed by atoms with Gasteiger partial charge in [0.25, 0.3) is 5.91 Å². The summed E-state index contributed by atoms with van der Waals surface area (Å²) in [7, 11) is 3.02. The van der Waals surface area contributed by atoms with E-state index in [0.717, 1.165) is 5.56 Å². The molecule has 1 amide bonds. The van der Waals surface area contributed by atoms with Gasteiger partial charge in [-0.25, -0.2) is 0 Å². The molecule has 0 atom stereocenters. The summed E-state index contributed by atoms with van der Waals surface area (Å²) < 4.78 is 21.9. The molecule has 0 heterocycles. The number of anilines is 1. The Morgan fingerprint density at radius 3 is 2.41 bits per heavy atom. The highest BCUT2D eigenvalue weighted by molar-refractivity contribution is 6.32. The van der Waals surface area contributed by atoms with Crippen LogP contribution in [0.1, 0.15) is 36.7 Å². The van der Waals surface area contributed by atoms with Crippen LogP contribution in [0.3, 0.4) is 0 Å². The maximum Gasteiger partial charge on any atom is 0.255 e. The predicted octanol–water partition coefficient (Wildman–Crippen LogP) is 5.18. The fourth-order valence-electron chi connectivity index (χ4n) is 2.69. The van der Waals surface area contributed by atoms with E-state index < -0.39 is 0 Å². The van der Waals surface area contributed by atoms with Crippen LogP contribution in [0.15, 0.2) is 30.3 Å². The van der Waals surface area contributed by atoms with E-state index in [1.165, 1.54) is 14.2 Å². The van der Waals surface area contributed by atoms with Crippen LogP contribution in [-0.2, 0) is 11.3 Å². The molecule has 0 saturated heterocycles. The molecular formula is C22H28ClNO5. The number of nitrogens with one attached hydrogen (secondary N) is 1. The first-order chi connectivity index (χ1) is 13.9. The zero-order valence-corrected chi connectivity index (χ0v) is 18.3. The molecule has 2 aromatic rings. The first-order valence-corrected chi connectivity index (χ1v) is 9.83. The van der Waals surface area contributed by atoms with Gasteiger partial charge in [-0.3, -0.25) is 4.79 Å². The second-order valence-electron chi connectivity index (χ2n) is 6.81. The quantitative estimate of drug-likeness (QED) is 0.572. The molecule has 0 aliphatic rings. The summed E-state index contributed by atoms with van der Waals surface area (Å²) in [5.74, 6) is 1.72. The Hall–Kier alpha value is -2.44. The molecule has 2 rings (SSSR count). The van der Waals surface area contributed by atoms with E-state index in [4.69, 9.17) is 30.5 Å². The van der Waals surface area contributed by atoms with Crippen molar-refractivity contribution in [1.29, 1.82) is 0 Å². The van der Waals surface area contributed by atoms with E-state index in [-0.39, 0.29) is 5.91 Å². The lowest BCUT2D eigenvalue weighted by molar-refractivity contribution is 0.0948. The molecule has 0 unspecified atom stereocenters. The molecule has 0 aliphatic heterocycles. The van der Waals surface area contributed by atoms with Crippen molar-refractivity contribution < 1.29 is 23.7 Å². The van der Waals surface area contributed by atoms with E-state index in [9.17, 15) is 4.79 Å². The first kappa shape index (κ1) is 22.8. The van der Waals surface area contributed by atoms with Crippen LogP contribution in [0.5, 0.6) is 17.2 Å². The average Bonchev–Trinajstić information content (AvgIpc) is 2.69. The third-order valence-electron chi connectivity index (χ3n) is 4.05. The number of rotatable bonds is 10. The van der Waals surface area contributed by atoms with Gasteiger partial charge in [0.15, 0.2) is 0 Å². The number of amides is 1. The minimum atomic E-state index is -0.291. The largest absolute Gasteiger partial charge is 0.495 e. The maximum absolute atomic E-state index is 12.8. The topological polar surface area (TPSA) is 66.0 Å². The third kappa shape index (κ3) is 6.27. The number of benzene rings is 2. The van der Waals surface area contributed by atoms with E-state index in [1.54, 1.807) is 30.3 Å². The molecule has 0 bridgehead atoms. The van der Waals surface area contributed by atoms with Crippen LogP contribution in [0, 0.1) is 5.92 Å². The van der Waals surface area contributed by atoms with Gasteiger partial charge in [0.05, 0.1) is 38.1 Å². The molecule has 6 nitrogen and oxygen atoms in total. The summed E-state index contributed by atoms with van der Waals surface area (Å²) in [4.78, 5) is 12.8. The smallest absolute Gasteiger partial charge is 0.255 e. The number of hydrogen-bond acceptors (Lipinski definition) is 5. The Bertz CT molecular complexity index is 838. The monoisotopic (exact) mass is 421 g/mol. The van der Waals surface area contributed by atoms with Gasteiger partial charge < -0.3 is 24.3 Å². The molecule has 0 fully saturated rings. The SMILES string of the molecule is CCOc1ccc(C(=O)Nc2cc(OC)c(Cl)cc2OC)cc1COCC(C)C. The Balaban J connectivity index is 2.26. The van der Waals surface area contributed by atoms with Gasteiger partial charge in [0.2, 0.25) is 0 Å². The Labute approximate surface area is 177 Å². The van der Waals surface area contributed by atoms with Gasteiger partial charge in [-0.2, -0.15) is 0 Å².